The molecule has 1 aliphatic carbocycles. The summed E-state index contributed by atoms with van der Waals surface area (Å²) in [6.45, 7) is 0. The molecule has 2 aliphatic rings. The Morgan fingerprint density at radius 1 is 1.11 bits per heavy atom. The number of hydrogen-bond donors (Lipinski definition) is 2. The third kappa shape index (κ3) is 5.88. The van der Waals surface area contributed by atoms with Crippen molar-refractivity contribution in [3.8, 4) is 0 Å². The van der Waals surface area contributed by atoms with Crippen molar-refractivity contribution in [1.82, 2.24) is 14.7 Å². The van der Waals surface area contributed by atoms with E-state index in [-0.39, 0.29) is 11.9 Å². The standard InChI is InChI=1S/C27H31FN4OS2/c1-35(33,34)32-22-10-4-18(5-11-22)2-3-19-16-25(23-12-14-29-27-24(23)13-15-30-27)26(31-17-19)20-6-8-21(28)9-7-20/h6-9,12-15,17-19,22,32H,2-5,10-11,16H2,1H3,(H,29,30). The van der Waals surface area contributed by atoms with Crippen LogP contribution in [0.1, 0.15) is 56.1 Å². The van der Waals surface area contributed by atoms with Crippen LogP contribution in [-0.4, -0.2) is 32.7 Å². The maximum atomic E-state index is 13.6. The summed E-state index contributed by atoms with van der Waals surface area (Å²) in [5.41, 5.74) is 5.02. The lowest BCUT2D eigenvalue weighted by Gasteiger charge is -2.30. The van der Waals surface area contributed by atoms with Crippen molar-refractivity contribution in [3.63, 3.8) is 0 Å². The molecule has 2 aromatic heterocycles. The number of nitrogens with one attached hydrogen (secondary N) is 2. The minimum atomic E-state index is -2.31. The van der Waals surface area contributed by atoms with Crippen LogP contribution in [0.5, 0.6) is 0 Å². The van der Waals surface area contributed by atoms with E-state index in [1.807, 2.05) is 24.5 Å². The number of aliphatic imine (C=N–C) groups is 1. The van der Waals surface area contributed by atoms with Gasteiger partial charge in [0.15, 0.2) is 0 Å². The zero-order chi connectivity index (χ0) is 24.4. The average molecular weight is 511 g/mol. The van der Waals surface area contributed by atoms with Crippen molar-refractivity contribution in [2.24, 2.45) is 16.8 Å². The minimum Gasteiger partial charge on any atom is -0.346 e. The van der Waals surface area contributed by atoms with Crippen LogP contribution >= 0.6 is 0 Å². The summed E-state index contributed by atoms with van der Waals surface area (Å²) in [6, 6.07) is 11.0. The smallest absolute Gasteiger partial charge is 0.137 e. The molecule has 1 aliphatic heterocycles. The lowest BCUT2D eigenvalue weighted by Crippen LogP contribution is -2.36. The van der Waals surface area contributed by atoms with Crippen molar-refractivity contribution >= 4 is 48.4 Å². The Balaban J connectivity index is 1.32. The van der Waals surface area contributed by atoms with Gasteiger partial charge in [-0.05, 0) is 116 Å². The van der Waals surface area contributed by atoms with Gasteiger partial charge in [0, 0.05) is 41.9 Å². The first kappa shape index (κ1) is 24.3. The van der Waals surface area contributed by atoms with Crippen LogP contribution in [0.3, 0.4) is 0 Å². The van der Waals surface area contributed by atoms with E-state index in [1.54, 1.807) is 6.26 Å². The molecule has 1 aromatic carbocycles. The normalized spacial score (nSPS) is 24.6. The fourth-order valence-corrected chi connectivity index (χ4v) is 6.74. The largest absolute Gasteiger partial charge is 0.346 e. The number of aromatic nitrogens is 2. The molecule has 2 N–H and O–H groups in total. The summed E-state index contributed by atoms with van der Waals surface area (Å²) in [4.78, 5) is 12.6. The molecular formula is C27H31FN4OS2. The Hall–Kier alpha value is -2.42. The quantitative estimate of drug-likeness (QED) is 0.417. The first-order valence-corrected chi connectivity index (χ1v) is 15.2. The van der Waals surface area contributed by atoms with Gasteiger partial charge in [0.05, 0.1) is 14.4 Å². The van der Waals surface area contributed by atoms with Crippen LogP contribution in [0.4, 0.5) is 4.39 Å². The lowest BCUT2D eigenvalue weighted by atomic mass is 9.80. The molecule has 1 fully saturated rings. The Bertz CT molecular complexity index is 1350. The molecular weight excluding hydrogens is 479 g/mol. The van der Waals surface area contributed by atoms with Crippen molar-refractivity contribution < 1.29 is 8.60 Å². The van der Waals surface area contributed by atoms with Gasteiger partial charge in [-0.3, -0.25) is 4.99 Å². The van der Waals surface area contributed by atoms with E-state index in [1.165, 1.54) is 17.7 Å². The second kappa shape index (κ2) is 10.3. The summed E-state index contributed by atoms with van der Waals surface area (Å²) in [6.07, 6.45) is 14.9. The van der Waals surface area contributed by atoms with E-state index in [4.69, 9.17) is 16.2 Å². The van der Waals surface area contributed by atoms with Gasteiger partial charge in [0.25, 0.3) is 0 Å². The van der Waals surface area contributed by atoms with Crippen LogP contribution < -0.4 is 4.72 Å². The molecule has 0 bridgehead atoms. The second-order valence-electron chi connectivity index (χ2n) is 9.86. The number of pyridine rings is 1. The van der Waals surface area contributed by atoms with E-state index < -0.39 is 8.68 Å². The molecule has 8 heteroatoms. The van der Waals surface area contributed by atoms with Gasteiger partial charge < -0.3 is 4.98 Å². The Morgan fingerprint density at radius 3 is 2.63 bits per heavy atom. The number of nitrogens with zero attached hydrogens (tertiary/aromatic N) is 2. The molecule has 0 spiro atoms. The third-order valence-electron chi connectivity index (χ3n) is 7.24. The number of halogens is 1. The summed E-state index contributed by atoms with van der Waals surface area (Å²) in [5.74, 6) is 0.793. The van der Waals surface area contributed by atoms with Crippen molar-refractivity contribution in [3.05, 3.63) is 65.7 Å². The highest BCUT2D eigenvalue weighted by molar-refractivity contribution is 8.31. The highest BCUT2D eigenvalue weighted by atomic mass is 32.8. The molecule has 2 atom stereocenters. The summed E-state index contributed by atoms with van der Waals surface area (Å²) < 4.78 is 28.6. The molecule has 3 aromatic rings. The van der Waals surface area contributed by atoms with Crippen molar-refractivity contribution in [1.29, 1.82) is 0 Å². The average Bonchev–Trinajstić information content (AvgIpc) is 3.32. The van der Waals surface area contributed by atoms with E-state index in [0.717, 1.165) is 72.8 Å². The van der Waals surface area contributed by atoms with Gasteiger partial charge in [-0.25, -0.2) is 18.3 Å². The molecule has 35 heavy (non-hydrogen) atoms. The van der Waals surface area contributed by atoms with Crippen LogP contribution in [0.2, 0.25) is 0 Å². The number of fused-ring (bicyclic) bond motifs is 1. The second-order valence-corrected chi connectivity index (χ2v) is 13.5. The van der Waals surface area contributed by atoms with Gasteiger partial charge in [-0.2, -0.15) is 0 Å². The van der Waals surface area contributed by atoms with Crippen LogP contribution in [0.15, 0.2) is 53.8 Å². The van der Waals surface area contributed by atoms with Gasteiger partial charge in [0.2, 0.25) is 0 Å². The van der Waals surface area contributed by atoms with E-state index in [9.17, 15) is 8.60 Å². The molecule has 5 nitrogen and oxygen atoms in total. The van der Waals surface area contributed by atoms with Crippen molar-refractivity contribution in [2.75, 3.05) is 6.26 Å². The molecule has 1 saturated carbocycles. The highest BCUT2D eigenvalue weighted by Gasteiger charge is 2.26. The third-order valence-corrected chi connectivity index (χ3v) is 8.29. The van der Waals surface area contributed by atoms with Crippen molar-refractivity contribution in [2.45, 2.75) is 51.0 Å². The molecule has 2 unspecified atom stereocenters. The SMILES string of the molecule is CS(=O)(=S)NC1CCC(CCC2C=NC(c3ccc(F)cc3)=C(c3ccnc4[nH]ccc34)C2)CC1. The van der Waals surface area contributed by atoms with Crippen LogP contribution in [0, 0.1) is 17.7 Å². The maximum Gasteiger partial charge on any atom is 0.137 e. The van der Waals surface area contributed by atoms with Crippen LogP contribution in [0.25, 0.3) is 22.3 Å². The predicted molar refractivity (Wildman–Crippen MR) is 145 cm³/mol. The van der Waals surface area contributed by atoms with Gasteiger partial charge >= 0.3 is 0 Å². The van der Waals surface area contributed by atoms with E-state index in [0.29, 0.717) is 11.8 Å². The molecule has 0 amide bonds. The molecule has 5 rings (SSSR count). The number of H-pyrrole nitrogens is 1. The maximum absolute atomic E-state index is 13.6. The fourth-order valence-electron chi connectivity index (χ4n) is 5.49. The predicted octanol–water partition coefficient (Wildman–Crippen LogP) is 5.88. The lowest BCUT2D eigenvalue weighted by molar-refractivity contribution is 0.290. The molecule has 184 valence electrons. The minimum absolute atomic E-state index is 0.246. The highest BCUT2D eigenvalue weighted by Crippen LogP contribution is 2.40. The number of rotatable bonds is 7. The zero-order valence-electron chi connectivity index (χ0n) is 19.9. The fraction of sp³-hybridized carbons (Fsp3) is 0.407. The number of hydrogen-bond acceptors (Lipinski definition) is 4. The van der Waals surface area contributed by atoms with Crippen LogP contribution in [-0.2, 0) is 19.9 Å². The first-order valence-electron chi connectivity index (χ1n) is 12.3. The number of benzene rings is 1. The Labute approximate surface area is 211 Å². The van der Waals surface area contributed by atoms with E-state index >= 15 is 0 Å². The van der Waals surface area contributed by atoms with Gasteiger partial charge in [-0.15, -0.1) is 0 Å². The first-order chi connectivity index (χ1) is 16.9. The Morgan fingerprint density at radius 2 is 1.89 bits per heavy atom. The van der Waals surface area contributed by atoms with Gasteiger partial charge in [-0.1, -0.05) is 0 Å². The number of allylic oxidation sites excluding steroid dienone is 1. The zero-order valence-corrected chi connectivity index (χ0v) is 21.5. The summed E-state index contributed by atoms with van der Waals surface area (Å²) >= 11 is 5.03. The summed E-state index contributed by atoms with van der Waals surface area (Å²) in [7, 11) is -2.31. The molecule has 3 heterocycles. The molecule has 0 radical (unpaired) electrons. The van der Waals surface area contributed by atoms with E-state index in [2.05, 4.69) is 33.0 Å². The monoisotopic (exact) mass is 510 g/mol. The summed E-state index contributed by atoms with van der Waals surface area (Å²) in [5, 5.41) is 1.08. The Kier molecular flexibility index (Phi) is 7.14. The van der Waals surface area contributed by atoms with Gasteiger partial charge in [0.1, 0.15) is 11.5 Å². The number of aromatic amines is 1. The molecule has 0 saturated heterocycles. The topological polar surface area (TPSA) is 70.1 Å².